The Labute approximate surface area is 134 Å². The lowest BCUT2D eigenvalue weighted by atomic mass is 10.0. The van der Waals surface area contributed by atoms with Crippen LogP contribution in [0, 0.1) is 0 Å². The van der Waals surface area contributed by atoms with Crippen LogP contribution in [-0.4, -0.2) is 42.3 Å². The molecule has 0 spiro atoms. The zero-order valence-electron chi connectivity index (χ0n) is 13.7. The van der Waals surface area contributed by atoms with Gasteiger partial charge in [-0.05, 0) is 26.2 Å². The van der Waals surface area contributed by atoms with E-state index < -0.39 is 6.04 Å². The van der Waals surface area contributed by atoms with Crippen LogP contribution < -0.4 is 0 Å². The molecule has 8 heteroatoms. The molecule has 1 aliphatic rings. The maximum absolute atomic E-state index is 12.9. The van der Waals surface area contributed by atoms with Crippen LogP contribution in [0.25, 0.3) is 0 Å². The Morgan fingerprint density at radius 2 is 2.17 bits per heavy atom. The first kappa shape index (κ1) is 15.6. The lowest BCUT2D eigenvalue weighted by Crippen LogP contribution is -2.42. The van der Waals surface area contributed by atoms with Crippen LogP contribution in [0.15, 0.2) is 17.2 Å². The second kappa shape index (κ2) is 6.47. The van der Waals surface area contributed by atoms with Gasteiger partial charge in [0, 0.05) is 12.5 Å². The average Bonchev–Trinajstić information content (AvgIpc) is 3.24. The van der Waals surface area contributed by atoms with Gasteiger partial charge in [0.05, 0.1) is 0 Å². The fraction of sp³-hybridized carbons (Fsp3) is 0.667. The van der Waals surface area contributed by atoms with Crippen molar-refractivity contribution in [1.29, 1.82) is 0 Å². The minimum atomic E-state index is -0.398. The lowest BCUT2D eigenvalue weighted by molar-refractivity contribution is -0.139. The summed E-state index contributed by atoms with van der Waals surface area (Å²) in [6.07, 6.45) is 5.87. The number of carbonyl (C=O) groups excluding carboxylic acids is 1. The Morgan fingerprint density at radius 3 is 2.83 bits per heavy atom. The second-order valence-electron chi connectivity index (χ2n) is 6.24. The first-order chi connectivity index (χ1) is 11.1. The van der Waals surface area contributed by atoms with Crippen molar-refractivity contribution in [3.8, 4) is 0 Å². The number of hydrogen-bond acceptors (Lipinski definition) is 6. The van der Waals surface area contributed by atoms with Gasteiger partial charge in [-0.25, -0.2) is 9.67 Å². The van der Waals surface area contributed by atoms with E-state index in [0.29, 0.717) is 18.3 Å². The number of carbonyl (C=O) groups is 1. The summed E-state index contributed by atoms with van der Waals surface area (Å²) in [7, 11) is 0. The molecule has 0 aromatic carbocycles. The highest BCUT2D eigenvalue weighted by atomic mass is 16.5. The molecule has 0 unspecified atom stereocenters. The van der Waals surface area contributed by atoms with Gasteiger partial charge in [0.1, 0.15) is 24.7 Å². The van der Waals surface area contributed by atoms with Crippen LogP contribution in [0.5, 0.6) is 0 Å². The normalized spacial score (nSPS) is 20.0. The van der Waals surface area contributed by atoms with Gasteiger partial charge in [0.2, 0.25) is 11.8 Å². The molecule has 0 saturated carbocycles. The minimum absolute atomic E-state index is 0.00416. The number of likely N-dealkylation sites (tertiary alicyclic amines) is 1. The SMILES string of the molecule is CC(C)c1noc([C@@H]2CCCCN2C(=O)[C@@H](C)n2cncn2)n1. The van der Waals surface area contributed by atoms with E-state index in [1.807, 2.05) is 25.7 Å². The molecule has 8 nitrogen and oxygen atoms in total. The predicted octanol–water partition coefficient (Wildman–Crippen LogP) is 2.10. The molecule has 0 N–H and O–H groups in total. The largest absolute Gasteiger partial charge is 0.337 e. The van der Waals surface area contributed by atoms with E-state index in [0.717, 1.165) is 19.3 Å². The number of aromatic nitrogens is 5. The molecule has 3 heterocycles. The molecule has 23 heavy (non-hydrogen) atoms. The monoisotopic (exact) mass is 318 g/mol. The van der Waals surface area contributed by atoms with Crippen molar-refractivity contribution in [2.24, 2.45) is 0 Å². The van der Waals surface area contributed by atoms with E-state index in [2.05, 4.69) is 20.2 Å². The molecule has 2 atom stereocenters. The zero-order valence-corrected chi connectivity index (χ0v) is 13.7. The first-order valence-corrected chi connectivity index (χ1v) is 8.06. The summed E-state index contributed by atoms with van der Waals surface area (Å²) >= 11 is 0. The van der Waals surface area contributed by atoms with Crippen LogP contribution in [0.4, 0.5) is 0 Å². The van der Waals surface area contributed by atoms with E-state index in [4.69, 9.17) is 4.52 Å². The summed E-state index contributed by atoms with van der Waals surface area (Å²) in [4.78, 5) is 23.1. The maximum Gasteiger partial charge on any atom is 0.249 e. The third-order valence-electron chi connectivity index (χ3n) is 4.24. The highest BCUT2D eigenvalue weighted by Gasteiger charge is 2.35. The molecule has 0 bridgehead atoms. The summed E-state index contributed by atoms with van der Waals surface area (Å²) in [6.45, 7) is 6.56. The van der Waals surface area contributed by atoms with Crippen LogP contribution in [-0.2, 0) is 4.79 Å². The van der Waals surface area contributed by atoms with E-state index in [1.165, 1.54) is 6.33 Å². The first-order valence-electron chi connectivity index (χ1n) is 8.06. The molecule has 0 aliphatic carbocycles. The Bertz CT molecular complexity index is 651. The second-order valence-corrected chi connectivity index (χ2v) is 6.24. The summed E-state index contributed by atoms with van der Waals surface area (Å²) in [5, 5.41) is 8.09. The minimum Gasteiger partial charge on any atom is -0.337 e. The van der Waals surface area contributed by atoms with Gasteiger partial charge in [-0.2, -0.15) is 10.1 Å². The fourth-order valence-electron chi connectivity index (χ4n) is 2.84. The highest BCUT2D eigenvalue weighted by Crippen LogP contribution is 2.32. The average molecular weight is 318 g/mol. The number of rotatable bonds is 4. The van der Waals surface area contributed by atoms with Crippen LogP contribution >= 0.6 is 0 Å². The van der Waals surface area contributed by atoms with Crippen molar-refractivity contribution in [1.82, 2.24) is 29.8 Å². The topological polar surface area (TPSA) is 89.9 Å². The zero-order chi connectivity index (χ0) is 16.4. The van der Waals surface area contributed by atoms with E-state index in [1.54, 1.807) is 11.0 Å². The van der Waals surface area contributed by atoms with E-state index in [9.17, 15) is 4.79 Å². The molecule has 0 radical (unpaired) electrons. The van der Waals surface area contributed by atoms with Crippen molar-refractivity contribution in [2.45, 2.75) is 58.0 Å². The van der Waals surface area contributed by atoms with E-state index in [-0.39, 0.29) is 17.9 Å². The molecule has 2 aromatic heterocycles. The quantitative estimate of drug-likeness (QED) is 0.857. The van der Waals surface area contributed by atoms with Gasteiger partial charge in [0.15, 0.2) is 5.82 Å². The van der Waals surface area contributed by atoms with Gasteiger partial charge in [-0.3, -0.25) is 4.79 Å². The molecule has 1 fully saturated rings. The standard InChI is InChI=1S/C15H22N6O2/c1-10(2)13-18-14(23-19-13)12-6-4-5-7-20(12)15(22)11(3)21-9-16-8-17-21/h8-12H,4-7H2,1-3H3/t11-,12+/m1/s1. The Hall–Kier alpha value is -2.25. The van der Waals surface area contributed by atoms with Crippen LogP contribution in [0.1, 0.15) is 69.8 Å². The number of amides is 1. The summed E-state index contributed by atoms with van der Waals surface area (Å²) < 4.78 is 7.00. The number of hydrogen-bond donors (Lipinski definition) is 0. The molecular formula is C15H22N6O2. The summed E-state index contributed by atoms with van der Waals surface area (Å²) in [6, 6.07) is -0.548. The maximum atomic E-state index is 12.9. The Kier molecular flexibility index (Phi) is 4.40. The molecule has 1 saturated heterocycles. The van der Waals surface area contributed by atoms with Crippen molar-refractivity contribution in [3.63, 3.8) is 0 Å². The predicted molar refractivity (Wildman–Crippen MR) is 81.4 cm³/mol. The van der Waals surface area contributed by atoms with Crippen LogP contribution in [0.3, 0.4) is 0 Å². The Balaban J connectivity index is 1.81. The van der Waals surface area contributed by atoms with Crippen molar-refractivity contribution in [3.05, 3.63) is 24.4 Å². The smallest absolute Gasteiger partial charge is 0.249 e. The van der Waals surface area contributed by atoms with Crippen molar-refractivity contribution in [2.75, 3.05) is 6.54 Å². The van der Waals surface area contributed by atoms with Gasteiger partial charge in [-0.15, -0.1) is 0 Å². The molecule has 2 aromatic rings. The number of piperidine rings is 1. The summed E-state index contributed by atoms with van der Waals surface area (Å²) in [5.41, 5.74) is 0. The van der Waals surface area contributed by atoms with Gasteiger partial charge in [0.25, 0.3) is 0 Å². The van der Waals surface area contributed by atoms with Crippen LogP contribution in [0.2, 0.25) is 0 Å². The van der Waals surface area contributed by atoms with Gasteiger partial charge >= 0.3 is 0 Å². The summed E-state index contributed by atoms with van der Waals surface area (Å²) in [5.74, 6) is 1.42. The van der Waals surface area contributed by atoms with Gasteiger partial charge < -0.3 is 9.42 Å². The molecule has 1 aliphatic heterocycles. The van der Waals surface area contributed by atoms with Crippen molar-refractivity contribution < 1.29 is 9.32 Å². The lowest BCUT2D eigenvalue weighted by Gasteiger charge is -2.35. The molecule has 1 amide bonds. The fourth-order valence-corrected chi connectivity index (χ4v) is 2.84. The highest BCUT2D eigenvalue weighted by molar-refractivity contribution is 5.80. The molecular weight excluding hydrogens is 296 g/mol. The third kappa shape index (κ3) is 3.11. The number of nitrogens with zero attached hydrogens (tertiary/aromatic N) is 6. The van der Waals surface area contributed by atoms with E-state index >= 15 is 0 Å². The van der Waals surface area contributed by atoms with Crippen molar-refractivity contribution >= 4 is 5.91 Å². The molecule has 124 valence electrons. The molecule has 3 rings (SSSR count). The Morgan fingerprint density at radius 1 is 1.35 bits per heavy atom. The van der Waals surface area contributed by atoms with Gasteiger partial charge in [-0.1, -0.05) is 19.0 Å². The third-order valence-corrected chi connectivity index (χ3v) is 4.24.